The second-order valence-corrected chi connectivity index (χ2v) is 8.36. The molecule has 0 aromatic carbocycles. The van der Waals surface area contributed by atoms with E-state index in [2.05, 4.69) is 35.8 Å². The Morgan fingerprint density at radius 3 is 2.94 bits per heavy atom. The Morgan fingerprint density at radius 1 is 1.27 bits per heavy atom. The molecule has 1 aliphatic heterocycles. The van der Waals surface area contributed by atoms with Crippen LogP contribution in [0.5, 0.6) is 0 Å². The second kappa shape index (κ2) is 10.7. The van der Waals surface area contributed by atoms with Gasteiger partial charge in [-0.05, 0) is 37.6 Å². The lowest BCUT2D eigenvalue weighted by atomic mass is 10.2. The summed E-state index contributed by atoms with van der Waals surface area (Å²) in [4.78, 5) is 15.0. The van der Waals surface area contributed by atoms with Crippen molar-refractivity contribution < 1.29 is 5.11 Å². The van der Waals surface area contributed by atoms with E-state index < -0.39 is 6.35 Å². The molecule has 172 valence electrons. The van der Waals surface area contributed by atoms with Crippen LogP contribution in [-0.4, -0.2) is 56.7 Å². The lowest BCUT2D eigenvalue weighted by molar-refractivity contribution is 0.148. The van der Waals surface area contributed by atoms with E-state index in [9.17, 15) is 5.11 Å². The van der Waals surface area contributed by atoms with Gasteiger partial charge in [-0.3, -0.25) is 15.2 Å². The van der Waals surface area contributed by atoms with Crippen molar-refractivity contribution in [2.75, 3.05) is 23.7 Å². The van der Waals surface area contributed by atoms with E-state index >= 15 is 0 Å². The molecule has 3 aromatic rings. The third kappa shape index (κ3) is 6.23. The van der Waals surface area contributed by atoms with Crippen LogP contribution in [0.3, 0.4) is 0 Å². The molecule has 9 nitrogen and oxygen atoms in total. The highest BCUT2D eigenvalue weighted by atomic mass is 35.5. The normalized spacial score (nSPS) is 17.0. The van der Waals surface area contributed by atoms with Crippen molar-refractivity contribution in [3.8, 4) is 0 Å². The van der Waals surface area contributed by atoms with Crippen molar-refractivity contribution in [2.45, 2.75) is 32.3 Å². The number of likely N-dealkylation sites (tertiary alicyclic amines) is 1. The summed E-state index contributed by atoms with van der Waals surface area (Å²) < 4.78 is 0. The molecule has 0 bridgehead atoms. The number of halogens is 1. The van der Waals surface area contributed by atoms with E-state index in [1.165, 1.54) is 6.21 Å². The molecule has 0 spiro atoms. The quantitative estimate of drug-likeness (QED) is 0.185. The van der Waals surface area contributed by atoms with Gasteiger partial charge in [-0.1, -0.05) is 17.7 Å². The van der Waals surface area contributed by atoms with Crippen molar-refractivity contribution in [3.63, 3.8) is 0 Å². The van der Waals surface area contributed by atoms with Gasteiger partial charge in [0.05, 0.1) is 11.9 Å². The predicted molar refractivity (Wildman–Crippen MR) is 130 cm³/mol. The lowest BCUT2D eigenvalue weighted by Gasteiger charge is -2.21. The third-order valence-electron chi connectivity index (χ3n) is 5.45. The summed E-state index contributed by atoms with van der Waals surface area (Å²) in [5.41, 5.74) is 4.11. The standard InChI is InChI=1S/C23H27ClN8O/c1-15-9-18(4-7-26-15)29-20-12-28-21(10-17(20)11-25)31-23(33)30-19-5-8-32(14-19)13-16-3-2-6-27-22(16)24/h2-4,6-7,9-12,19,23,25,30,33H,5,8,13-14H2,1H3,(H,26,29)(H,28,31). The molecule has 2 atom stereocenters. The number of nitrogens with one attached hydrogen (secondary N) is 4. The van der Waals surface area contributed by atoms with Crippen molar-refractivity contribution in [1.29, 1.82) is 5.41 Å². The number of aliphatic hydroxyl groups excluding tert-OH is 1. The number of anilines is 3. The monoisotopic (exact) mass is 466 g/mol. The highest BCUT2D eigenvalue weighted by molar-refractivity contribution is 6.30. The molecule has 0 amide bonds. The molecule has 4 rings (SSSR count). The summed E-state index contributed by atoms with van der Waals surface area (Å²) in [6.45, 7) is 4.34. The molecule has 4 heterocycles. The van der Waals surface area contributed by atoms with Crippen LogP contribution in [0, 0.1) is 12.3 Å². The van der Waals surface area contributed by atoms with Gasteiger partial charge in [0.1, 0.15) is 11.0 Å². The van der Waals surface area contributed by atoms with Crippen LogP contribution in [0.25, 0.3) is 0 Å². The van der Waals surface area contributed by atoms with E-state index in [1.807, 2.05) is 31.2 Å². The number of aryl methyl sites for hydroxylation is 1. The van der Waals surface area contributed by atoms with Gasteiger partial charge in [-0.15, -0.1) is 0 Å². The Hall–Kier alpha value is -3.11. The maximum atomic E-state index is 10.5. The molecule has 33 heavy (non-hydrogen) atoms. The van der Waals surface area contributed by atoms with Crippen LogP contribution in [0.1, 0.15) is 23.2 Å². The zero-order chi connectivity index (χ0) is 23.2. The lowest BCUT2D eigenvalue weighted by Crippen LogP contribution is -2.44. The SMILES string of the molecule is Cc1cc(Nc2cnc(NC(O)NC3CCN(Cc4cccnc4Cl)C3)cc2C=N)ccn1. The van der Waals surface area contributed by atoms with Gasteiger partial charge in [0.25, 0.3) is 0 Å². The fourth-order valence-corrected chi connectivity index (χ4v) is 4.03. The van der Waals surface area contributed by atoms with Gasteiger partial charge in [0.2, 0.25) is 0 Å². The first-order valence-electron chi connectivity index (χ1n) is 10.7. The molecule has 0 radical (unpaired) electrons. The van der Waals surface area contributed by atoms with Gasteiger partial charge in [-0.2, -0.15) is 0 Å². The first kappa shape index (κ1) is 23.1. The third-order valence-corrected chi connectivity index (χ3v) is 5.79. The summed E-state index contributed by atoms with van der Waals surface area (Å²) >= 11 is 6.17. The first-order valence-corrected chi connectivity index (χ1v) is 11.1. The Morgan fingerprint density at radius 2 is 2.15 bits per heavy atom. The Bertz CT molecular complexity index is 1110. The van der Waals surface area contributed by atoms with Crippen molar-refractivity contribution >= 4 is 35.0 Å². The van der Waals surface area contributed by atoms with Crippen LogP contribution in [-0.2, 0) is 6.54 Å². The molecule has 10 heteroatoms. The van der Waals surface area contributed by atoms with Crippen LogP contribution < -0.4 is 16.0 Å². The first-order chi connectivity index (χ1) is 16.0. The number of rotatable bonds is 9. The smallest absolute Gasteiger partial charge is 0.182 e. The number of aliphatic hydroxyl groups is 1. The summed E-state index contributed by atoms with van der Waals surface area (Å²) in [5, 5.41) is 28.2. The molecule has 3 aromatic heterocycles. The number of pyridine rings is 3. The van der Waals surface area contributed by atoms with E-state index in [0.29, 0.717) is 22.2 Å². The Kier molecular flexibility index (Phi) is 7.46. The van der Waals surface area contributed by atoms with Gasteiger partial charge in [0.15, 0.2) is 6.35 Å². The molecule has 0 aliphatic carbocycles. The average Bonchev–Trinajstić information content (AvgIpc) is 3.23. The van der Waals surface area contributed by atoms with E-state index in [4.69, 9.17) is 17.0 Å². The minimum atomic E-state index is -0.968. The fraction of sp³-hybridized carbons (Fsp3) is 0.304. The van der Waals surface area contributed by atoms with Crippen LogP contribution in [0.4, 0.5) is 17.2 Å². The maximum absolute atomic E-state index is 10.5. The van der Waals surface area contributed by atoms with Gasteiger partial charge < -0.3 is 21.1 Å². The molecular formula is C23H27ClN8O. The Balaban J connectivity index is 1.31. The molecule has 2 unspecified atom stereocenters. The number of aromatic nitrogens is 3. The molecule has 0 saturated carbocycles. The summed E-state index contributed by atoms with van der Waals surface area (Å²) in [5.74, 6) is 0.474. The van der Waals surface area contributed by atoms with Gasteiger partial charge in [0, 0.05) is 66.8 Å². The zero-order valence-electron chi connectivity index (χ0n) is 18.3. The number of hydrogen-bond acceptors (Lipinski definition) is 9. The second-order valence-electron chi connectivity index (χ2n) is 8.00. The minimum Gasteiger partial charge on any atom is -0.361 e. The summed E-state index contributed by atoms with van der Waals surface area (Å²) in [7, 11) is 0. The highest BCUT2D eigenvalue weighted by Crippen LogP contribution is 2.22. The fourth-order valence-electron chi connectivity index (χ4n) is 3.85. The molecule has 1 saturated heterocycles. The molecule has 1 fully saturated rings. The van der Waals surface area contributed by atoms with Crippen molar-refractivity contribution in [3.05, 3.63) is 70.9 Å². The topological polar surface area (TPSA) is 122 Å². The summed E-state index contributed by atoms with van der Waals surface area (Å²) in [6, 6.07) is 9.48. The molecule has 1 aliphatic rings. The van der Waals surface area contributed by atoms with Crippen LogP contribution in [0.15, 0.2) is 48.9 Å². The van der Waals surface area contributed by atoms with Gasteiger partial charge in [-0.25, -0.2) is 9.97 Å². The number of nitrogens with zero attached hydrogens (tertiary/aromatic N) is 4. The van der Waals surface area contributed by atoms with E-state index in [-0.39, 0.29) is 6.04 Å². The zero-order valence-corrected chi connectivity index (χ0v) is 19.0. The maximum Gasteiger partial charge on any atom is 0.182 e. The summed E-state index contributed by atoms with van der Waals surface area (Å²) in [6.07, 6.45) is 6.24. The average molecular weight is 467 g/mol. The van der Waals surface area contributed by atoms with Crippen LogP contribution >= 0.6 is 11.6 Å². The largest absolute Gasteiger partial charge is 0.361 e. The van der Waals surface area contributed by atoms with Crippen LogP contribution in [0.2, 0.25) is 5.15 Å². The van der Waals surface area contributed by atoms with E-state index in [0.717, 1.165) is 43.0 Å². The van der Waals surface area contributed by atoms with Crippen molar-refractivity contribution in [1.82, 2.24) is 25.2 Å². The van der Waals surface area contributed by atoms with Gasteiger partial charge >= 0.3 is 0 Å². The molecule has 5 N–H and O–H groups in total. The predicted octanol–water partition coefficient (Wildman–Crippen LogP) is 3.13. The minimum absolute atomic E-state index is 0.126. The van der Waals surface area contributed by atoms with E-state index in [1.54, 1.807) is 24.7 Å². The Labute approximate surface area is 197 Å². The van der Waals surface area contributed by atoms with Crippen molar-refractivity contribution in [2.24, 2.45) is 0 Å². The highest BCUT2D eigenvalue weighted by Gasteiger charge is 2.24. The number of hydrogen-bond donors (Lipinski definition) is 5. The molecular weight excluding hydrogens is 440 g/mol.